The van der Waals surface area contributed by atoms with Crippen LogP contribution in [0.5, 0.6) is 0 Å². The summed E-state index contributed by atoms with van der Waals surface area (Å²) in [5, 5.41) is 3.17. The van der Waals surface area contributed by atoms with Crippen molar-refractivity contribution >= 4 is 104 Å². The van der Waals surface area contributed by atoms with Gasteiger partial charge in [0, 0.05) is 68.0 Å². The average Bonchev–Trinajstić information content (AvgIpc) is 3.36. The van der Waals surface area contributed by atoms with Gasteiger partial charge >= 0.3 is 0 Å². The van der Waals surface area contributed by atoms with Gasteiger partial charge in [-0.2, -0.15) is 0 Å². The van der Waals surface area contributed by atoms with Gasteiger partial charge in [-0.1, -0.05) is 133 Å². The molecule has 12 heteroatoms. The van der Waals surface area contributed by atoms with Crippen LogP contribution in [0.4, 0.5) is 34.1 Å². The fourth-order valence-electron chi connectivity index (χ4n) is 9.40. The lowest BCUT2D eigenvalue weighted by atomic mass is 9.84. The van der Waals surface area contributed by atoms with E-state index in [1.807, 2.05) is 72.8 Å². The lowest BCUT2D eigenvalue weighted by Crippen LogP contribution is -2.45. The lowest BCUT2D eigenvalue weighted by molar-refractivity contribution is -0.150. The minimum Gasteiger partial charge on any atom is -0.381 e. The molecule has 0 bridgehead atoms. The first-order valence-corrected chi connectivity index (χ1v) is 27.8. The first-order chi connectivity index (χ1) is 35.0. The third-order valence-corrected chi connectivity index (χ3v) is 16.1. The van der Waals surface area contributed by atoms with Gasteiger partial charge in [0.1, 0.15) is 0 Å². The van der Waals surface area contributed by atoms with Crippen LogP contribution in [0, 0.1) is 10.8 Å². The highest BCUT2D eigenvalue weighted by Crippen LogP contribution is 2.48. The fourth-order valence-corrected chi connectivity index (χ4v) is 10.7. The van der Waals surface area contributed by atoms with E-state index in [0.717, 1.165) is 153 Å². The van der Waals surface area contributed by atoms with Crippen molar-refractivity contribution < 1.29 is 18.9 Å². The van der Waals surface area contributed by atoms with Crippen LogP contribution in [0.25, 0.3) is 11.1 Å². The molecule has 0 amide bonds. The maximum Gasteiger partial charge on any atom is 0.0663 e. The molecule has 0 saturated carbocycles. The van der Waals surface area contributed by atoms with E-state index < -0.39 is 0 Å². The number of halogens is 6. The molecule has 0 unspecified atom stereocenters. The average molecular weight is 1090 g/mol. The maximum absolute atomic E-state index is 7.28. The highest BCUT2D eigenvalue weighted by molar-refractivity contribution is 6.40. The zero-order valence-electron chi connectivity index (χ0n) is 41.5. The first-order valence-electron chi connectivity index (χ1n) is 25.6. The molecule has 0 aromatic heterocycles. The molecule has 2 heterocycles. The van der Waals surface area contributed by atoms with Crippen molar-refractivity contribution in [1.29, 1.82) is 0 Å². The van der Waals surface area contributed by atoms with E-state index in [9.17, 15) is 0 Å². The van der Waals surface area contributed by atoms with Crippen LogP contribution in [0.2, 0.25) is 30.1 Å². The molecule has 0 radical (unpaired) electrons. The molecule has 382 valence electrons. The van der Waals surface area contributed by atoms with E-state index in [1.54, 1.807) is 0 Å². The largest absolute Gasteiger partial charge is 0.381 e. The number of hydrogen-bond donors (Lipinski definition) is 0. The van der Waals surface area contributed by atoms with Crippen LogP contribution in [0.1, 0.15) is 89.2 Å². The van der Waals surface area contributed by atoms with Crippen LogP contribution >= 0.6 is 69.6 Å². The van der Waals surface area contributed by atoms with Gasteiger partial charge < -0.3 is 28.7 Å². The van der Waals surface area contributed by atoms with Crippen molar-refractivity contribution in [3.05, 3.63) is 163 Å². The molecular weight excluding hydrogens is 1030 g/mol. The number of hydrogen-bond acceptors (Lipinski definition) is 6. The summed E-state index contributed by atoms with van der Waals surface area (Å²) < 4.78 is 22.9. The second kappa shape index (κ2) is 26.3. The van der Waals surface area contributed by atoms with Crippen molar-refractivity contribution in [1.82, 2.24) is 0 Å². The van der Waals surface area contributed by atoms with Gasteiger partial charge in [0.05, 0.1) is 71.1 Å². The first kappa shape index (κ1) is 54.8. The van der Waals surface area contributed by atoms with Gasteiger partial charge in [-0.25, -0.2) is 0 Å². The normalized spacial score (nSPS) is 14.7. The SMILES string of the molecule is CCC1(COCCCCCCc2ccc(N(c3ccc(Cl)cc3)c3cc(Cl)c(-c4cc(Cl)c(N(c5ccc(Cl)cc5)c5ccc(CCCCCCOCC6(CC)COC6)cc5)cc4Cl)cc3Cl)cc2)COC1. The molecule has 8 rings (SSSR count). The third kappa shape index (κ3) is 14.0. The Morgan fingerprint density at radius 2 is 0.750 bits per heavy atom. The van der Waals surface area contributed by atoms with Crippen molar-refractivity contribution in [2.75, 3.05) is 62.7 Å². The van der Waals surface area contributed by atoms with Gasteiger partial charge in [-0.05, 0) is 160 Å². The zero-order valence-corrected chi connectivity index (χ0v) is 46.0. The molecular formula is C60H66Cl6N2O4. The Bertz CT molecular complexity index is 2460. The van der Waals surface area contributed by atoms with E-state index >= 15 is 0 Å². The van der Waals surface area contributed by atoms with E-state index in [1.165, 1.54) is 11.1 Å². The molecule has 2 aliphatic heterocycles. The predicted molar refractivity (Wildman–Crippen MR) is 304 cm³/mol. The molecule has 6 aromatic rings. The number of benzene rings is 6. The fraction of sp³-hybridized carbons (Fsp3) is 0.400. The van der Waals surface area contributed by atoms with Crippen LogP contribution in [0.3, 0.4) is 0 Å². The van der Waals surface area contributed by atoms with Gasteiger partial charge in [0.15, 0.2) is 0 Å². The standard InChI is InChI=1S/C60H66Cl6N2O4/c1-3-59(39-71-40-59)37-69-31-11-7-5-9-13-43-15-23-47(24-16-43)67(49-27-19-45(61)20-28-49)57-35-53(63)51(33-55(57)65)52-34-56(66)58(36-54(52)64)68(50-29-21-46(62)22-30-50)48-25-17-44(18-26-48)14-10-6-8-12-32-70-38-60(4-2)41-72-42-60/h15-30,33-36H,3-14,31-32,37-42H2,1-2H3. The summed E-state index contributed by atoms with van der Waals surface area (Å²) in [6.45, 7) is 11.0. The number of ether oxygens (including phenoxy) is 4. The van der Waals surface area contributed by atoms with Crippen molar-refractivity contribution in [3.63, 3.8) is 0 Å². The van der Waals surface area contributed by atoms with Crippen LogP contribution < -0.4 is 9.80 Å². The lowest BCUT2D eigenvalue weighted by Gasteiger charge is -2.40. The third-order valence-electron chi connectivity index (χ3n) is 14.4. The molecule has 6 nitrogen and oxygen atoms in total. The highest BCUT2D eigenvalue weighted by Gasteiger charge is 2.37. The topological polar surface area (TPSA) is 43.4 Å². The summed E-state index contributed by atoms with van der Waals surface area (Å²) in [4.78, 5) is 4.18. The van der Waals surface area contributed by atoms with Crippen molar-refractivity contribution in [2.45, 2.75) is 90.9 Å². The Hall–Kier alpha value is -3.50. The zero-order chi connectivity index (χ0) is 50.5. The van der Waals surface area contributed by atoms with Crippen molar-refractivity contribution in [2.24, 2.45) is 10.8 Å². The Morgan fingerprint density at radius 3 is 1.07 bits per heavy atom. The minimum atomic E-state index is 0.243. The van der Waals surface area contributed by atoms with E-state index in [-0.39, 0.29) is 10.8 Å². The van der Waals surface area contributed by atoms with Crippen LogP contribution in [-0.2, 0) is 31.8 Å². The summed E-state index contributed by atoms with van der Waals surface area (Å²) >= 11 is 41.8. The Labute approximate surface area is 457 Å². The van der Waals surface area contributed by atoms with E-state index in [0.29, 0.717) is 52.6 Å². The second-order valence-corrected chi connectivity index (χ2v) is 22.2. The molecule has 72 heavy (non-hydrogen) atoms. The second-order valence-electron chi connectivity index (χ2n) is 19.6. The summed E-state index contributed by atoms with van der Waals surface area (Å²) in [6.07, 6.45) is 13.2. The highest BCUT2D eigenvalue weighted by atomic mass is 35.5. The van der Waals surface area contributed by atoms with Gasteiger partial charge in [0.2, 0.25) is 0 Å². The maximum atomic E-state index is 7.28. The van der Waals surface area contributed by atoms with Crippen molar-refractivity contribution in [3.8, 4) is 11.1 Å². The number of anilines is 6. The Morgan fingerprint density at radius 1 is 0.417 bits per heavy atom. The molecule has 2 saturated heterocycles. The van der Waals surface area contributed by atoms with E-state index in [4.69, 9.17) is 88.6 Å². The molecule has 6 aromatic carbocycles. The van der Waals surface area contributed by atoms with Crippen LogP contribution in [-0.4, -0.2) is 52.9 Å². The van der Waals surface area contributed by atoms with Crippen LogP contribution in [0.15, 0.2) is 121 Å². The number of nitrogens with zero attached hydrogens (tertiary/aromatic N) is 2. The number of unbranched alkanes of at least 4 members (excludes halogenated alkanes) is 6. The quantitative estimate of drug-likeness (QED) is 0.0479. The van der Waals surface area contributed by atoms with Gasteiger partial charge in [-0.15, -0.1) is 0 Å². The van der Waals surface area contributed by atoms with Gasteiger partial charge in [0.25, 0.3) is 0 Å². The summed E-state index contributed by atoms with van der Waals surface area (Å²) in [7, 11) is 0. The predicted octanol–water partition coefficient (Wildman–Crippen LogP) is 19.3. The number of aryl methyl sites for hydroxylation is 2. The number of rotatable bonds is 27. The summed E-state index contributed by atoms with van der Waals surface area (Å²) in [5.41, 5.74) is 9.40. The molecule has 2 aliphatic rings. The van der Waals surface area contributed by atoms with E-state index in [2.05, 4.69) is 72.2 Å². The van der Waals surface area contributed by atoms with Gasteiger partial charge in [-0.3, -0.25) is 0 Å². The summed E-state index contributed by atoms with van der Waals surface area (Å²) in [5.74, 6) is 0. The molecule has 2 fully saturated rings. The minimum absolute atomic E-state index is 0.243. The Kier molecular flexibility index (Phi) is 20.0. The molecule has 0 N–H and O–H groups in total. The summed E-state index contributed by atoms with van der Waals surface area (Å²) in [6, 6.07) is 40.2. The smallest absolute Gasteiger partial charge is 0.0663 e. The molecule has 0 aliphatic carbocycles. The molecule has 0 spiro atoms. The Balaban J connectivity index is 0.939. The monoisotopic (exact) mass is 1090 g/mol. The molecule has 0 atom stereocenters.